The number of hydrogen-bond donors (Lipinski definition) is 1. The average Bonchev–Trinajstić information content (AvgIpc) is 3.25. The largest absolute Gasteiger partial charge is 0.444 e. The molecule has 2 aliphatic heterocycles. The maximum absolute atomic E-state index is 12.3. The summed E-state index contributed by atoms with van der Waals surface area (Å²) in [7, 11) is 0. The molecule has 1 aromatic carbocycles. The molecule has 1 aliphatic carbocycles. The molecule has 6 nitrogen and oxygen atoms in total. The Kier molecular flexibility index (Phi) is 6.48. The molecular formula is C20H28BrIN4O2. The molecule has 3 unspecified atom stereocenters. The van der Waals surface area contributed by atoms with Crippen LogP contribution in [0.3, 0.4) is 0 Å². The van der Waals surface area contributed by atoms with E-state index in [1.165, 1.54) is 5.56 Å². The third kappa shape index (κ3) is 4.93. The fraction of sp³-hybridized carbons (Fsp3) is 0.600. The van der Waals surface area contributed by atoms with E-state index in [-0.39, 0.29) is 36.1 Å². The highest BCUT2D eigenvalue weighted by Gasteiger charge is 2.42. The number of nitrogens with one attached hydrogen (secondary N) is 1. The third-order valence-corrected chi connectivity index (χ3v) is 5.79. The van der Waals surface area contributed by atoms with Crippen molar-refractivity contribution in [2.24, 2.45) is 4.99 Å². The molecule has 28 heavy (non-hydrogen) atoms. The highest BCUT2D eigenvalue weighted by molar-refractivity contribution is 14.0. The van der Waals surface area contributed by atoms with Gasteiger partial charge in [0.2, 0.25) is 0 Å². The zero-order chi connectivity index (χ0) is 19.2. The van der Waals surface area contributed by atoms with Crippen LogP contribution in [0.1, 0.15) is 38.7 Å². The third-order valence-electron chi connectivity index (χ3n) is 5.26. The van der Waals surface area contributed by atoms with Crippen molar-refractivity contribution >= 4 is 52.0 Å². The van der Waals surface area contributed by atoms with Crippen molar-refractivity contribution in [3.05, 3.63) is 34.3 Å². The number of guanidine groups is 1. The van der Waals surface area contributed by atoms with Crippen LogP contribution in [-0.4, -0.2) is 65.7 Å². The average molecular weight is 563 g/mol. The van der Waals surface area contributed by atoms with Crippen molar-refractivity contribution < 1.29 is 9.53 Å². The van der Waals surface area contributed by atoms with E-state index in [0.29, 0.717) is 25.0 Å². The molecule has 0 spiro atoms. The lowest BCUT2D eigenvalue weighted by Gasteiger charge is -2.39. The number of carbonyl (C=O) groups is 1. The zero-order valence-corrected chi connectivity index (χ0v) is 20.4. The van der Waals surface area contributed by atoms with Crippen LogP contribution < -0.4 is 5.32 Å². The van der Waals surface area contributed by atoms with Gasteiger partial charge in [-0.1, -0.05) is 28.1 Å². The molecule has 0 radical (unpaired) electrons. The van der Waals surface area contributed by atoms with Crippen LogP contribution in [0.4, 0.5) is 4.79 Å². The molecule has 8 heteroatoms. The topological polar surface area (TPSA) is 57.2 Å². The molecule has 154 valence electrons. The minimum atomic E-state index is -0.457. The smallest absolute Gasteiger partial charge is 0.410 e. The van der Waals surface area contributed by atoms with Gasteiger partial charge in [-0.05, 0) is 44.9 Å². The number of nitrogens with zero attached hydrogens (tertiary/aromatic N) is 3. The molecule has 4 rings (SSSR count). The van der Waals surface area contributed by atoms with Gasteiger partial charge < -0.3 is 19.9 Å². The van der Waals surface area contributed by atoms with E-state index in [1.807, 2.05) is 25.7 Å². The highest BCUT2D eigenvalue weighted by atomic mass is 127. The predicted octanol–water partition coefficient (Wildman–Crippen LogP) is 3.80. The van der Waals surface area contributed by atoms with Crippen molar-refractivity contribution in [2.45, 2.75) is 50.8 Å². The van der Waals surface area contributed by atoms with E-state index in [1.54, 1.807) is 0 Å². The number of ether oxygens (including phenoxy) is 1. The Bertz CT molecular complexity index is 750. The summed E-state index contributed by atoms with van der Waals surface area (Å²) in [6.45, 7) is 8.58. The van der Waals surface area contributed by atoms with Gasteiger partial charge in [-0.3, -0.25) is 4.99 Å². The molecule has 2 fully saturated rings. The van der Waals surface area contributed by atoms with E-state index in [0.717, 1.165) is 29.9 Å². The molecule has 2 heterocycles. The minimum absolute atomic E-state index is 0. The van der Waals surface area contributed by atoms with Crippen LogP contribution in [0.2, 0.25) is 0 Å². The van der Waals surface area contributed by atoms with Crippen LogP contribution in [-0.2, 0) is 4.74 Å². The number of aliphatic imine (C=N–C) groups is 1. The summed E-state index contributed by atoms with van der Waals surface area (Å²) in [6.07, 6.45) is 0.921. The van der Waals surface area contributed by atoms with Crippen molar-refractivity contribution in [1.29, 1.82) is 0 Å². The molecule has 1 aromatic rings. The molecule has 3 aliphatic rings. The van der Waals surface area contributed by atoms with Gasteiger partial charge in [0.05, 0.1) is 12.6 Å². The standard InChI is InChI=1S/C20H27BrN4O2.HI/c1-20(2,3)27-19(26)24-8-9-25-15(12-24)11-22-18(25)23-17-10-16(17)13-4-6-14(21)7-5-13;/h4-7,15-17H,8-12H2,1-3H3,(H,22,23);1H. The Morgan fingerprint density at radius 2 is 1.96 bits per heavy atom. The van der Waals surface area contributed by atoms with Gasteiger partial charge in [0.1, 0.15) is 5.60 Å². The fourth-order valence-electron chi connectivity index (χ4n) is 3.79. The van der Waals surface area contributed by atoms with Gasteiger partial charge in [-0.2, -0.15) is 0 Å². The Hall–Kier alpha value is -1.03. The Morgan fingerprint density at radius 3 is 2.64 bits per heavy atom. The van der Waals surface area contributed by atoms with Crippen molar-refractivity contribution in [1.82, 2.24) is 15.1 Å². The van der Waals surface area contributed by atoms with Gasteiger partial charge in [-0.15, -0.1) is 24.0 Å². The number of piperazine rings is 1. The summed E-state index contributed by atoms with van der Waals surface area (Å²) < 4.78 is 6.62. The van der Waals surface area contributed by atoms with E-state index in [9.17, 15) is 4.79 Å². The number of hydrogen-bond acceptors (Lipinski definition) is 5. The fourth-order valence-corrected chi connectivity index (χ4v) is 4.06. The second-order valence-corrected chi connectivity index (χ2v) is 9.50. The second kappa shape index (κ2) is 8.38. The maximum Gasteiger partial charge on any atom is 0.410 e. The van der Waals surface area contributed by atoms with Crippen molar-refractivity contribution in [3.8, 4) is 0 Å². The van der Waals surface area contributed by atoms with Crippen LogP contribution in [0.25, 0.3) is 0 Å². The van der Waals surface area contributed by atoms with Gasteiger partial charge in [-0.25, -0.2) is 4.79 Å². The monoisotopic (exact) mass is 562 g/mol. The summed E-state index contributed by atoms with van der Waals surface area (Å²) in [5.41, 5.74) is 0.918. The number of rotatable bonds is 2. The molecule has 0 aromatic heterocycles. The molecule has 1 N–H and O–H groups in total. The molecule has 3 atom stereocenters. The highest BCUT2D eigenvalue weighted by Crippen LogP contribution is 2.41. The summed E-state index contributed by atoms with van der Waals surface area (Å²) in [5, 5.41) is 3.63. The quantitative estimate of drug-likeness (QED) is 0.557. The predicted molar refractivity (Wildman–Crippen MR) is 124 cm³/mol. The lowest BCUT2D eigenvalue weighted by molar-refractivity contribution is 0.0137. The first-order chi connectivity index (χ1) is 12.8. The second-order valence-electron chi connectivity index (χ2n) is 8.58. The van der Waals surface area contributed by atoms with E-state index >= 15 is 0 Å². The molecule has 0 bridgehead atoms. The number of benzene rings is 1. The SMILES string of the molecule is CC(C)(C)OC(=O)N1CCN2C(NC3CC3c3ccc(Br)cc3)=NCC2C1.I. The molecule has 1 saturated heterocycles. The first-order valence-electron chi connectivity index (χ1n) is 9.61. The van der Waals surface area contributed by atoms with E-state index in [4.69, 9.17) is 9.73 Å². The lowest BCUT2D eigenvalue weighted by atomic mass is 10.1. The van der Waals surface area contributed by atoms with Gasteiger partial charge in [0.25, 0.3) is 0 Å². The number of fused-ring (bicyclic) bond motifs is 1. The molecular weight excluding hydrogens is 535 g/mol. The van der Waals surface area contributed by atoms with E-state index in [2.05, 4.69) is 50.4 Å². The summed E-state index contributed by atoms with van der Waals surface area (Å²) in [5.74, 6) is 1.55. The van der Waals surface area contributed by atoms with Crippen LogP contribution in [0.5, 0.6) is 0 Å². The van der Waals surface area contributed by atoms with Crippen LogP contribution >= 0.6 is 39.9 Å². The van der Waals surface area contributed by atoms with Gasteiger partial charge in [0, 0.05) is 36.1 Å². The van der Waals surface area contributed by atoms with Crippen molar-refractivity contribution in [3.63, 3.8) is 0 Å². The Balaban J connectivity index is 0.00000225. The minimum Gasteiger partial charge on any atom is -0.444 e. The zero-order valence-electron chi connectivity index (χ0n) is 16.5. The summed E-state index contributed by atoms with van der Waals surface area (Å²) in [4.78, 5) is 21.2. The van der Waals surface area contributed by atoms with Gasteiger partial charge in [0.15, 0.2) is 5.96 Å². The first-order valence-corrected chi connectivity index (χ1v) is 10.4. The van der Waals surface area contributed by atoms with Crippen LogP contribution in [0, 0.1) is 0 Å². The van der Waals surface area contributed by atoms with Crippen molar-refractivity contribution in [2.75, 3.05) is 26.2 Å². The maximum atomic E-state index is 12.3. The number of carbonyl (C=O) groups excluding carboxylic acids is 1. The number of amides is 1. The summed E-state index contributed by atoms with van der Waals surface area (Å²) >= 11 is 3.49. The Labute approximate surface area is 192 Å². The van der Waals surface area contributed by atoms with E-state index < -0.39 is 5.60 Å². The normalized spacial score (nSPS) is 26.1. The number of halogens is 2. The van der Waals surface area contributed by atoms with Gasteiger partial charge >= 0.3 is 6.09 Å². The lowest BCUT2D eigenvalue weighted by Crippen LogP contribution is -2.57. The Morgan fingerprint density at radius 1 is 1.25 bits per heavy atom. The van der Waals surface area contributed by atoms with Crippen LogP contribution in [0.15, 0.2) is 33.7 Å². The molecule has 1 amide bonds. The first kappa shape index (κ1) is 21.7. The molecule has 1 saturated carbocycles. The summed E-state index contributed by atoms with van der Waals surface area (Å²) in [6, 6.07) is 9.28.